The van der Waals surface area contributed by atoms with Crippen LogP contribution in [-0.4, -0.2) is 38.5 Å². The molecule has 2 saturated heterocycles. The molecule has 2 heterocycles. The van der Waals surface area contributed by atoms with Crippen LogP contribution in [0.15, 0.2) is 0 Å². The third-order valence-corrected chi connectivity index (χ3v) is 2.82. The maximum absolute atomic E-state index is 5.54. The molecule has 0 aromatic carbocycles. The molecule has 0 spiro atoms. The first-order valence-electron chi connectivity index (χ1n) is 5.38. The lowest BCUT2D eigenvalue weighted by Crippen LogP contribution is -2.40. The maximum atomic E-state index is 5.54. The molecular weight excluding hydrogens is 166 g/mol. The number of ether oxygens (including phenoxy) is 2. The van der Waals surface area contributed by atoms with Crippen molar-refractivity contribution < 1.29 is 9.47 Å². The van der Waals surface area contributed by atoms with E-state index in [-0.39, 0.29) is 0 Å². The first-order chi connectivity index (χ1) is 6.45. The lowest BCUT2D eigenvalue weighted by Gasteiger charge is -2.24. The van der Waals surface area contributed by atoms with E-state index in [4.69, 9.17) is 9.47 Å². The Kier molecular flexibility index (Phi) is 3.58. The number of hydrogen-bond donors (Lipinski definition) is 1. The van der Waals surface area contributed by atoms with Gasteiger partial charge < -0.3 is 14.8 Å². The van der Waals surface area contributed by atoms with Gasteiger partial charge in [-0.1, -0.05) is 0 Å². The van der Waals surface area contributed by atoms with Gasteiger partial charge in [0.25, 0.3) is 0 Å². The highest BCUT2D eigenvalue weighted by molar-refractivity contribution is 4.74. The zero-order valence-corrected chi connectivity index (χ0v) is 8.13. The van der Waals surface area contributed by atoms with Crippen LogP contribution in [0.2, 0.25) is 0 Å². The van der Waals surface area contributed by atoms with Crippen LogP contribution in [-0.2, 0) is 9.47 Å². The lowest BCUT2D eigenvalue weighted by atomic mass is 10.1. The summed E-state index contributed by atoms with van der Waals surface area (Å²) < 4.78 is 10.9. The summed E-state index contributed by atoms with van der Waals surface area (Å²) in [7, 11) is 0. The minimum absolute atomic E-state index is 0.460. The molecule has 13 heavy (non-hydrogen) atoms. The molecule has 76 valence electrons. The number of nitrogens with one attached hydrogen (secondary N) is 1. The van der Waals surface area contributed by atoms with E-state index < -0.39 is 0 Å². The average Bonchev–Trinajstić information content (AvgIpc) is 2.69. The molecule has 0 bridgehead atoms. The predicted molar refractivity (Wildman–Crippen MR) is 50.8 cm³/mol. The van der Waals surface area contributed by atoms with Crippen LogP contribution in [0.4, 0.5) is 0 Å². The summed E-state index contributed by atoms with van der Waals surface area (Å²) in [5, 5.41) is 3.51. The van der Waals surface area contributed by atoms with Crippen LogP contribution in [0.5, 0.6) is 0 Å². The van der Waals surface area contributed by atoms with Gasteiger partial charge in [0.15, 0.2) is 0 Å². The Hall–Kier alpha value is -0.120. The summed E-state index contributed by atoms with van der Waals surface area (Å²) in [4.78, 5) is 0. The van der Waals surface area contributed by atoms with E-state index in [0.717, 1.165) is 26.4 Å². The maximum Gasteiger partial charge on any atom is 0.0700 e. The summed E-state index contributed by atoms with van der Waals surface area (Å²) in [6.45, 7) is 3.78. The van der Waals surface area contributed by atoms with Crippen molar-refractivity contribution in [3.05, 3.63) is 0 Å². The molecule has 2 aliphatic heterocycles. The Morgan fingerprint density at radius 1 is 1.15 bits per heavy atom. The molecule has 2 aliphatic rings. The van der Waals surface area contributed by atoms with Crippen LogP contribution in [0, 0.1) is 0 Å². The quantitative estimate of drug-likeness (QED) is 0.709. The highest BCUT2D eigenvalue weighted by atomic mass is 16.5. The van der Waals surface area contributed by atoms with E-state index in [2.05, 4.69) is 5.32 Å². The molecule has 0 aromatic heterocycles. The van der Waals surface area contributed by atoms with Crippen LogP contribution >= 0.6 is 0 Å². The van der Waals surface area contributed by atoms with Gasteiger partial charge in [-0.15, -0.1) is 0 Å². The molecule has 0 amide bonds. The first-order valence-corrected chi connectivity index (χ1v) is 5.38. The average molecular weight is 185 g/mol. The van der Waals surface area contributed by atoms with Crippen molar-refractivity contribution in [1.29, 1.82) is 0 Å². The Morgan fingerprint density at radius 3 is 2.77 bits per heavy atom. The van der Waals surface area contributed by atoms with E-state index in [9.17, 15) is 0 Å². The van der Waals surface area contributed by atoms with E-state index in [1.54, 1.807) is 0 Å². The second kappa shape index (κ2) is 4.94. The van der Waals surface area contributed by atoms with Crippen molar-refractivity contribution >= 4 is 0 Å². The molecule has 2 fully saturated rings. The molecule has 2 atom stereocenters. The van der Waals surface area contributed by atoms with Gasteiger partial charge in [0.05, 0.1) is 12.7 Å². The molecule has 2 rings (SSSR count). The Morgan fingerprint density at radius 2 is 2.08 bits per heavy atom. The van der Waals surface area contributed by atoms with Gasteiger partial charge in [0, 0.05) is 25.8 Å². The van der Waals surface area contributed by atoms with E-state index in [1.165, 1.54) is 25.7 Å². The standard InChI is InChI=1S/C10H19NO2/c1-3-9(8-12-5-1)11-7-10-4-2-6-13-10/h9-11H,1-8H2. The first kappa shape index (κ1) is 9.44. The van der Waals surface area contributed by atoms with E-state index in [0.29, 0.717) is 12.1 Å². The molecule has 0 radical (unpaired) electrons. The molecule has 3 heteroatoms. The molecule has 0 aromatic rings. The zero-order valence-electron chi connectivity index (χ0n) is 8.13. The third kappa shape index (κ3) is 2.93. The fourth-order valence-electron chi connectivity index (χ4n) is 2.01. The smallest absolute Gasteiger partial charge is 0.0700 e. The molecule has 0 saturated carbocycles. The normalized spacial score (nSPS) is 35.1. The highest BCUT2D eigenvalue weighted by Crippen LogP contribution is 2.12. The van der Waals surface area contributed by atoms with E-state index >= 15 is 0 Å². The predicted octanol–water partition coefficient (Wildman–Crippen LogP) is 0.934. The summed E-state index contributed by atoms with van der Waals surface area (Å²) in [6.07, 6.45) is 5.37. The van der Waals surface area contributed by atoms with Crippen LogP contribution < -0.4 is 5.32 Å². The monoisotopic (exact) mass is 185 g/mol. The van der Waals surface area contributed by atoms with Gasteiger partial charge in [-0.25, -0.2) is 0 Å². The molecular formula is C10H19NO2. The second-order valence-electron chi connectivity index (χ2n) is 3.96. The fourth-order valence-corrected chi connectivity index (χ4v) is 2.01. The van der Waals surface area contributed by atoms with Gasteiger partial charge in [-0.05, 0) is 25.7 Å². The third-order valence-electron chi connectivity index (χ3n) is 2.82. The summed E-state index contributed by atoms with van der Waals surface area (Å²) >= 11 is 0. The SMILES string of the molecule is C1COCC(NCC2CCCO2)C1. The van der Waals surface area contributed by atoms with Crippen molar-refractivity contribution in [1.82, 2.24) is 5.32 Å². The van der Waals surface area contributed by atoms with Crippen LogP contribution in [0.3, 0.4) is 0 Å². The van der Waals surface area contributed by atoms with Gasteiger partial charge >= 0.3 is 0 Å². The molecule has 0 aliphatic carbocycles. The number of hydrogen-bond acceptors (Lipinski definition) is 3. The molecule has 1 N–H and O–H groups in total. The summed E-state index contributed by atoms with van der Waals surface area (Å²) in [5.41, 5.74) is 0. The van der Waals surface area contributed by atoms with Crippen molar-refractivity contribution in [2.24, 2.45) is 0 Å². The van der Waals surface area contributed by atoms with Gasteiger partial charge in [-0.3, -0.25) is 0 Å². The van der Waals surface area contributed by atoms with Gasteiger partial charge in [0.2, 0.25) is 0 Å². The molecule has 3 nitrogen and oxygen atoms in total. The topological polar surface area (TPSA) is 30.5 Å². The second-order valence-corrected chi connectivity index (χ2v) is 3.96. The van der Waals surface area contributed by atoms with Crippen LogP contribution in [0.1, 0.15) is 25.7 Å². The van der Waals surface area contributed by atoms with Gasteiger partial charge in [0.1, 0.15) is 0 Å². The summed E-state index contributed by atoms with van der Waals surface area (Å²) in [6, 6.07) is 0.568. The van der Waals surface area contributed by atoms with E-state index in [1.807, 2.05) is 0 Å². The largest absolute Gasteiger partial charge is 0.380 e. The fraction of sp³-hybridized carbons (Fsp3) is 1.00. The Labute approximate surface area is 79.8 Å². The van der Waals surface area contributed by atoms with Crippen molar-refractivity contribution in [2.45, 2.75) is 37.8 Å². The summed E-state index contributed by atoms with van der Waals surface area (Å²) in [5.74, 6) is 0. The van der Waals surface area contributed by atoms with Crippen LogP contribution in [0.25, 0.3) is 0 Å². The lowest BCUT2D eigenvalue weighted by molar-refractivity contribution is 0.0586. The zero-order chi connectivity index (χ0) is 8.93. The molecule has 2 unspecified atom stereocenters. The minimum Gasteiger partial charge on any atom is -0.380 e. The van der Waals surface area contributed by atoms with Crippen molar-refractivity contribution in [2.75, 3.05) is 26.4 Å². The van der Waals surface area contributed by atoms with Gasteiger partial charge in [-0.2, -0.15) is 0 Å². The Bertz CT molecular complexity index is 140. The van der Waals surface area contributed by atoms with Crippen molar-refractivity contribution in [3.8, 4) is 0 Å². The Balaban J connectivity index is 1.60. The van der Waals surface area contributed by atoms with Crippen molar-refractivity contribution in [3.63, 3.8) is 0 Å². The highest BCUT2D eigenvalue weighted by Gasteiger charge is 2.18. The minimum atomic E-state index is 0.460. The number of rotatable bonds is 3.